The molecular formula is C14H22N4OS2. The summed E-state index contributed by atoms with van der Waals surface area (Å²) in [7, 11) is 0. The maximum atomic E-state index is 12.8. The largest absolute Gasteiger partial charge is 0.382 e. The Morgan fingerprint density at radius 1 is 1.29 bits per heavy atom. The minimum Gasteiger partial charge on any atom is -0.382 e. The molecule has 0 radical (unpaired) electrons. The molecule has 0 spiro atoms. The molecule has 5 nitrogen and oxygen atoms in total. The van der Waals surface area contributed by atoms with Gasteiger partial charge in [0.15, 0.2) is 5.13 Å². The third-order valence-corrected chi connectivity index (χ3v) is 6.82. The van der Waals surface area contributed by atoms with Crippen molar-refractivity contribution in [2.45, 2.75) is 38.0 Å². The Kier molecular flexibility index (Phi) is 4.31. The summed E-state index contributed by atoms with van der Waals surface area (Å²) < 4.78 is 0. The smallest absolute Gasteiger partial charge is 0.268 e. The van der Waals surface area contributed by atoms with Gasteiger partial charge in [-0.05, 0) is 19.8 Å². The molecule has 21 heavy (non-hydrogen) atoms. The number of amides is 1. The molecule has 0 saturated carbocycles. The zero-order valence-corrected chi connectivity index (χ0v) is 14.2. The molecule has 2 aliphatic rings. The molecule has 2 atom stereocenters. The molecule has 0 aromatic carbocycles. The number of nitrogen functional groups attached to an aromatic ring is 1. The van der Waals surface area contributed by atoms with Crippen molar-refractivity contribution in [3.8, 4) is 0 Å². The second kappa shape index (κ2) is 6.04. The van der Waals surface area contributed by atoms with Crippen molar-refractivity contribution in [3.63, 3.8) is 0 Å². The van der Waals surface area contributed by atoms with Crippen LogP contribution in [0.2, 0.25) is 0 Å². The molecule has 0 aliphatic carbocycles. The van der Waals surface area contributed by atoms with Crippen molar-refractivity contribution in [1.29, 1.82) is 0 Å². The lowest BCUT2D eigenvalue weighted by Crippen LogP contribution is -2.47. The molecule has 2 N–H and O–H groups in total. The Bertz CT molecular complexity index is 527. The molecule has 3 rings (SSSR count). The summed E-state index contributed by atoms with van der Waals surface area (Å²) in [6.07, 6.45) is 2.39. The van der Waals surface area contributed by atoms with Gasteiger partial charge in [-0.15, -0.1) is 0 Å². The van der Waals surface area contributed by atoms with Crippen molar-refractivity contribution in [2.75, 3.05) is 36.0 Å². The lowest BCUT2D eigenvalue weighted by atomic mass is 10.2. The Morgan fingerprint density at radius 3 is 2.71 bits per heavy atom. The van der Waals surface area contributed by atoms with Crippen LogP contribution in [-0.2, 0) is 0 Å². The molecule has 2 unspecified atom stereocenters. The first-order valence-corrected chi connectivity index (χ1v) is 9.38. The summed E-state index contributed by atoms with van der Waals surface area (Å²) in [5.41, 5.74) is 6.02. The Balaban J connectivity index is 1.80. The van der Waals surface area contributed by atoms with Gasteiger partial charge in [0.1, 0.15) is 10.7 Å². The number of aromatic nitrogens is 1. The first kappa shape index (κ1) is 15.0. The van der Waals surface area contributed by atoms with E-state index in [9.17, 15) is 4.79 Å². The minimum absolute atomic E-state index is 0.0510. The summed E-state index contributed by atoms with van der Waals surface area (Å²) >= 11 is 3.38. The fraction of sp³-hybridized carbons (Fsp3) is 0.714. The average molecular weight is 326 g/mol. The van der Waals surface area contributed by atoms with E-state index < -0.39 is 0 Å². The molecule has 7 heteroatoms. The van der Waals surface area contributed by atoms with Crippen LogP contribution in [0.4, 0.5) is 10.9 Å². The van der Waals surface area contributed by atoms with Crippen LogP contribution in [0.15, 0.2) is 0 Å². The van der Waals surface area contributed by atoms with E-state index in [4.69, 9.17) is 5.73 Å². The summed E-state index contributed by atoms with van der Waals surface area (Å²) in [5.74, 6) is 1.44. The van der Waals surface area contributed by atoms with Crippen LogP contribution in [-0.4, -0.2) is 52.5 Å². The molecule has 1 aromatic rings. The number of rotatable bonds is 2. The van der Waals surface area contributed by atoms with Crippen molar-refractivity contribution in [2.24, 2.45) is 0 Å². The molecule has 3 heterocycles. The highest BCUT2D eigenvalue weighted by Crippen LogP contribution is 2.33. The van der Waals surface area contributed by atoms with Gasteiger partial charge in [0, 0.05) is 36.7 Å². The van der Waals surface area contributed by atoms with E-state index in [0.29, 0.717) is 15.9 Å². The number of thiazole rings is 1. The van der Waals surface area contributed by atoms with Gasteiger partial charge in [-0.1, -0.05) is 18.3 Å². The summed E-state index contributed by atoms with van der Waals surface area (Å²) in [6, 6.07) is 0.244. The topological polar surface area (TPSA) is 62.5 Å². The van der Waals surface area contributed by atoms with E-state index in [0.717, 1.165) is 30.5 Å². The van der Waals surface area contributed by atoms with E-state index in [2.05, 4.69) is 23.7 Å². The molecule has 1 aromatic heterocycles. The van der Waals surface area contributed by atoms with Gasteiger partial charge in [0.2, 0.25) is 0 Å². The first-order valence-electron chi connectivity index (χ1n) is 7.51. The molecule has 2 fully saturated rings. The normalized spacial score (nSPS) is 26.4. The van der Waals surface area contributed by atoms with E-state index in [-0.39, 0.29) is 11.9 Å². The molecule has 116 valence electrons. The maximum Gasteiger partial charge on any atom is 0.268 e. The fourth-order valence-corrected chi connectivity index (χ4v) is 4.96. The third-order valence-electron chi connectivity index (χ3n) is 4.36. The number of hydrogen-bond donors (Lipinski definition) is 1. The predicted molar refractivity (Wildman–Crippen MR) is 90.4 cm³/mol. The van der Waals surface area contributed by atoms with Crippen molar-refractivity contribution in [3.05, 3.63) is 4.88 Å². The highest BCUT2D eigenvalue weighted by atomic mass is 32.2. The number of carbonyl (C=O) groups excluding carboxylic acids is 1. The SMILES string of the molecule is CC1SCCN(C(=O)c2sc(N3CCCC3)nc2N)C1C. The van der Waals surface area contributed by atoms with Crippen molar-refractivity contribution >= 4 is 40.0 Å². The lowest BCUT2D eigenvalue weighted by molar-refractivity contribution is 0.0704. The second-order valence-corrected chi connectivity index (χ2v) is 8.18. The summed E-state index contributed by atoms with van der Waals surface area (Å²) in [4.78, 5) is 22.0. The van der Waals surface area contributed by atoms with Gasteiger partial charge in [-0.3, -0.25) is 4.79 Å². The molecule has 2 aliphatic heterocycles. The second-order valence-electron chi connectivity index (χ2n) is 5.72. The van der Waals surface area contributed by atoms with Crippen LogP contribution in [0, 0.1) is 0 Å². The predicted octanol–water partition coefficient (Wildman–Crippen LogP) is 2.29. The average Bonchev–Trinajstić information content (AvgIpc) is 3.10. The van der Waals surface area contributed by atoms with E-state index in [1.165, 1.54) is 24.2 Å². The monoisotopic (exact) mass is 326 g/mol. The number of anilines is 2. The first-order chi connectivity index (χ1) is 10.1. The zero-order valence-electron chi connectivity index (χ0n) is 12.5. The number of nitrogens with two attached hydrogens (primary N) is 1. The molecule has 2 saturated heterocycles. The number of carbonyl (C=O) groups is 1. The maximum absolute atomic E-state index is 12.8. The third kappa shape index (κ3) is 2.85. The minimum atomic E-state index is 0.0510. The molecule has 0 bridgehead atoms. The van der Waals surface area contributed by atoms with Crippen LogP contribution in [0.1, 0.15) is 36.4 Å². The number of hydrogen-bond acceptors (Lipinski definition) is 6. The lowest BCUT2D eigenvalue weighted by Gasteiger charge is -2.37. The highest BCUT2D eigenvalue weighted by Gasteiger charge is 2.32. The Hall–Kier alpha value is -0.950. The van der Waals surface area contributed by atoms with E-state index in [1.807, 2.05) is 16.7 Å². The van der Waals surface area contributed by atoms with Gasteiger partial charge < -0.3 is 15.5 Å². The highest BCUT2D eigenvalue weighted by molar-refractivity contribution is 8.00. The van der Waals surface area contributed by atoms with Crippen LogP contribution < -0.4 is 10.6 Å². The Labute approximate surface area is 133 Å². The molecular weight excluding hydrogens is 304 g/mol. The van der Waals surface area contributed by atoms with Gasteiger partial charge in [0.05, 0.1) is 0 Å². The van der Waals surface area contributed by atoms with Crippen LogP contribution in [0.5, 0.6) is 0 Å². The van der Waals surface area contributed by atoms with E-state index in [1.54, 1.807) is 0 Å². The fourth-order valence-electron chi connectivity index (χ4n) is 2.87. The number of thioether (sulfide) groups is 1. The zero-order chi connectivity index (χ0) is 15.0. The standard InChI is InChI=1S/C14H22N4OS2/c1-9-10(2)20-8-7-18(9)13(19)11-12(15)16-14(21-11)17-5-3-4-6-17/h9-10H,3-8,15H2,1-2H3. The van der Waals surface area contributed by atoms with Crippen molar-refractivity contribution < 1.29 is 4.79 Å². The van der Waals surface area contributed by atoms with Crippen LogP contribution in [0.3, 0.4) is 0 Å². The molecule has 1 amide bonds. The van der Waals surface area contributed by atoms with Gasteiger partial charge in [0.25, 0.3) is 5.91 Å². The summed E-state index contributed by atoms with van der Waals surface area (Å²) in [6.45, 7) is 7.14. The Morgan fingerprint density at radius 2 is 2.00 bits per heavy atom. The van der Waals surface area contributed by atoms with Crippen molar-refractivity contribution in [1.82, 2.24) is 9.88 Å². The van der Waals surface area contributed by atoms with Crippen LogP contribution >= 0.6 is 23.1 Å². The van der Waals surface area contributed by atoms with Gasteiger partial charge in [-0.2, -0.15) is 11.8 Å². The van der Waals surface area contributed by atoms with Crippen LogP contribution in [0.25, 0.3) is 0 Å². The summed E-state index contributed by atoms with van der Waals surface area (Å²) in [5, 5.41) is 1.37. The number of nitrogens with zero attached hydrogens (tertiary/aromatic N) is 3. The van der Waals surface area contributed by atoms with E-state index >= 15 is 0 Å². The van der Waals surface area contributed by atoms with Gasteiger partial charge >= 0.3 is 0 Å². The van der Waals surface area contributed by atoms with Gasteiger partial charge in [-0.25, -0.2) is 4.98 Å². The quantitative estimate of drug-likeness (QED) is 0.903.